The minimum Gasteiger partial charge on any atom is -0.496 e. The maximum atomic E-state index is 5.38. The van der Waals surface area contributed by atoms with Gasteiger partial charge in [0.1, 0.15) is 5.75 Å². The third-order valence-corrected chi connectivity index (χ3v) is 5.12. The number of rotatable bonds is 5. The third kappa shape index (κ3) is 6.79. The van der Waals surface area contributed by atoms with Gasteiger partial charge in [-0.2, -0.15) is 11.8 Å². The number of thioether (sulfide) groups is 1. The van der Waals surface area contributed by atoms with Crippen LogP contribution < -0.4 is 15.4 Å². The first-order chi connectivity index (χ1) is 10.7. The summed E-state index contributed by atoms with van der Waals surface area (Å²) in [7, 11) is 3.55. The van der Waals surface area contributed by atoms with Crippen LogP contribution in [0, 0.1) is 6.92 Å². The standard InChI is InChI=1S/C17H27N3OS.HI/c1-13-6-7-14(11-16(13)21-3)8-9-19-17(18-2)20-15-5-4-10-22-12-15;/h6-7,11,15H,4-5,8-10,12H2,1-3H3,(H2,18,19,20);1H. The Morgan fingerprint density at radius 2 is 2.26 bits per heavy atom. The highest BCUT2D eigenvalue weighted by Gasteiger charge is 2.14. The molecule has 2 N–H and O–H groups in total. The van der Waals surface area contributed by atoms with Crippen molar-refractivity contribution in [1.82, 2.24) is 10.6 Å². The van der Waals surface area contributed by atoms with E-state index in [1.807, 2.05) is 18.8 Å². The van der Waals surface area contributed by atoms with Gasteiger partial charge in [0.25, 0.3) is 0 Å². The van der Waals surface area contributed by atoms with E-state index in [0.29, 0.717) is 6.04 Å². The van der Waals surface area contributed by atoms with Crippen molar-refractivity contribution < 1.29 is 4.74 Å². The van der Waals surface area contributed by atoms with E-state index in [-0.39, 0.29) is 24.0 Å². The Bertz CT molecular complexity index is 505. The molecule has 0 radical (unpaired) electrons. The molecule has 1 heterocycles. The zero-order valence-corrected chi connectivity index (χ0v) is 17.4. The molecule has 2 rings (SSSR count). The highest BCUT2D eigenvalue weighted by molar-refractivity contribution is 14.0. The summed E-state index contributed by atoms with van der Waals surface area (Å²) in [6, 6.07) is 6.93. The number of halogens is 1. The van der Waals surface area contributed by atoms with Crippen LogP contribution in [0.4, 0.5) is 0 Å². The molecule has 23 heavy (non-hydrogen) atoms. The van der Waals surface area contributed by atoms with Crippen molar-refractivity contribution in [3.63, 3.8) is 0 Å². The highest BCUT2D eigenvalue weighted by Crippen LogP contribution is 2.19. The lowest BCUT2D eigenvalue weighted by atomic mass is 10.1. The summed E-state index contributed by atoms with van der Waals surface area (Å²) in [6.45, 7) is 2.93. The van der Waals surface area contributed by atoms with E-state index in [1.165, 1.54) is 35.5 Å². The van der Waals surface area contributed by atoms with Crippen LogP contribution in [-0.4, -0.2) is 44.2 Å². The number of hydrogen-bond donors (Lipinski definition) is 2. The monoisotopic (exact) mass is 449 g/mol. The summed E-state index contributed by atoms with van der Waals surface area (Å²) in [5, 5.41) is 6.92. The van der Waals surface area contributed by atoms with E-state index in [0.717, 1.165) is 24.7 Å². The van der Waals surface area contributed by atoms with Gasteiger partial charge in [-0.05, 0) is 49.1 Å². The first-order valence-corrected chi connectivity index (χ1v) is 9.07. The number of methoxy groups -OCH3 is 1. The fraction of sp³-hybridized carbons (Fsp3) is 0.588. The van der Waals surface area contributed by atoms with Gasteiger partial charge in [0, 0.05) is 25.4 Å². The van der Waals surface area contributed by atoms with Crippen molar-refractivity contribution in [2.24, 2.45) is 4.99 Å². The van der Waals surface area contributed by atoms with Gasteiger partial charge in [-0.3, -0.25) is 4.99 Å². The topological polar surface area (TPSA) is 45.7 Å². The molecule has 6 heteroatoms. The summed E-state index contributed by atoms with van der Waals surface area (Å²) < 4.78 is 5.38. The molecule has 1 aromatic rings. The van der Waals surface area contributed by atoms with Crippen LogP contribution >= 0.6 is 35.7 Å². The number of guanidine groups is 1. The van der Waals surface area contributed by atoms with Crippen molar-refractivity contribution in [2.45, 2.75) is 32.2 Å². The minimum absolute atomic E-state index is 0. The first kappa shape index (κ1) is 20.4. The smallest absolute Gasteiger partial charge is 0.191 e. The largest absolute Gasteiger partial charge is 0.496 e. The number of nitrogens with one attached hydrogen (secondary N) is 2. The molecule has 130 valence electrons. The Morgan fingerprint density at radius 3 is 2.91 bits per heavy atom. The summed E-state index contributed by atoms with van der Waals surface area (Å²) in [6.07, 6.45) is 3.49. The van der Waals surface area contributed by atoms with Crippen molar-refractivity contribution in [2.75, 3.05) is 32.2 Å². The number of ether oxygens (including phenoxy) is 1. The van der Waals surface area contributed by atoms with Gasteiger partial charge >= 0.3 is 0 Å². The third-order valence-electron chi connectivity index (χ3n) is 3.90. The fourth-order valence-corrected chi connectivity index (χ4v) is 3.66. The summed E-state index contributed by atoms with van der Waals surface area (Å²) in [5.74, 6) is 4.33. The molecule has 0 saturated carbocycles. The van der Waals surface area contributed by atoms with Crippen molar-refractivity contribution in [1.29, 1.82) is 0 Å². The molecule has 0 aromatic heterocycles. The summed E-state index contributed by atoms with van der Waals surface area (Å²) >= 11 is 2.02. The minimum atomic E-state index is 0. The Balaban J connectivity index is 0.00000264. The van der Waals surface area contributed by atoms with Crippen molar-refractivity contribution in [3.8, 4) is 5.75 Å². The first-order valence-electron chi connectivity index (χ1n) is 7.91. The zero-order valence-electron chi connectivity index (χ0n) is 14.2. The zero-order chi connectivity index (χ0) is 15.8. The predicted octanol–water partition coefficient (Wildman–Crippen LogP) is 3.22. The lowest BCUT2D eigenvalue weighted by Crippen LogP contribution is -2.46. The molecule has 1 atom stereocenters. The van der Waals surface area contributed by atoms with Crippen LogP contribution in [0.25, 0.3) is 0 Å². The van der Waals surface area contributed by atoms with Gasteiger partial charge in [-0.15, -0.1) is 24.0 Å². The molecule has 1 aliphatic heterocycles. The van der Waals surface area contributed by atoms with Gasteiger partial charge in [0.15, 0.2) is 5.96 Å². The van der Waals surface area contributed by atoms with E-state index in [2.05, 4.69) is 40.7 Å². The van der Waals surface area contributed by atoms with Crippen LogP contribution in [0.3, 0.4) is 0 Å². The molecule has 0 amide bonds. The van der Waals surface area contributed by atoms with E-state index in [4.69, 9.17) is 4.74 Å². The van der Waals surface area contributed by atoms with Crippen LogP contribution in [0.1, 0.15) is 24.0 Å². The van der Waals surface area contributed by atoms with Gasteiger partial charge in [0.05, 0.1) is 7.11 Å². The summed E-state index contributed by atoms with van der Waals surface area (Å²) in [5.41, 5.74) is 2.45. The molecule has 0 spiro atoms. The number of nitrogens with zero attached hydrogens (tertiary/aromatic N) is 1. The van der Waals surface area contributed by atoms with Crippen LogP contribution in [-0.2, 0) is 6.42 Å². The number of benzene rings is 1. The summed E-state index contributed by atoms with van der Waals surface area (Å²) in [4.78, 5) is 4.32. The average molecular weight is 449 g/mol. The lowest BCUT2D eigenvalue weighted by Gasteiger charge is -2.24. The lowest BCUT2D eigenvalue weighted by molar-refractivity contribution is 0.411. The molecular formula is C17H28IN3OS. The Labute approximate surface area is 161 Å². The Hall–Kier alpha value is -0.630. The maximum absolute atomic E-state index is 5.38. The molecule has 0 aliphatic carbocycles. The molecule has 1 aliphatic rings. The van der Waals surface area contributed by atoms with Crippen molar-refractivity contribution >= 4 is 41.7 Å². The normalized spacial score (nSPS) is 18.0. The fourth-order valence-electron chi connectivity index (χ4n) is 2.59. The predicted molar refractivity (Wildman–Crippen MR) is 112 cm³/mol. The van der Waals surface area contributed by atoms with Gasteiger partial charge < -0.3 is 15.4 Å². The number of hydrogen-bond acceptors (Lipinski definition) is 3. The van der Waals surface area contributed by atoms with Crippen LogP contribution in [0.5, 0.6) is 5.75 Å². The van der Waals surface area contributed by atoms with Gasteiger partial charge in [-0.25, -0.2) is 0 Å². The molecule has 4 nitrogen and oxygen atoms in total. The van der Waals surface area contributed by atoms with Gasteiger partial charge in [-0.1, -0.05) is 12.1 Å². The maximum Gasteiger partial charge on any atom is 0.191 e. The molecule has 1 unspecified atom stereocenters. The van der Waals surface area contributed by atoms with E-state index in [9.17, 15) is 0 Å². The molecule has 0 bridgehead atoms. The number of aliphatic imine (C=N–C) groups is 1. The van der Waals surface area contributed by atoms with E-state index < -0.39 is 0 Å². The van der Waals surface area contributed by atoms with Crippen LogP contribution in [0.15, 0.2) is 23.2 Å². The van der Waals surface area contributed by atoms with Gasteiger partial charge in [0.2, 0.25) is 0 Å². The van der Waals surface area contributed by atoms with E-state index in [1.54, 1.807) is 7.11 Å². The SMILES string of the molecule is CN=C(NCCc1ccc(C)c(OC)c1)NC1CCCSC1.I. The highest BCUT2D eigenvalue weighted by atomic mass is 127. The second-order valence-electron chi connectivity index (χ2n) is 5.61. The second kappa shape index (κ2) is 11.0. The molecule has 1 fully saturated rings. The van der Waals surface area contributed by atoms with E-state index >= 15 is 0 Å². The second-order valence-corrected chi connectivity index (χ2v) is 6.76. The van der Waals surface area contributed by atoms with Crippen molar-refractivity contribution in [3.05, 3.63) is 29.3 Å². The quantitative estimate of drug-likeness (QED) is 0.412. The van der Waals surface area contributed by atoms with Crippen LogP contribution in [0.2, 0.25) is 0 Å². The molecule has 1 saturated heterocycles. The Morgan fingerprint density at radius 1 is 1.43 bits per heavy atom. The number of aryl methyl sites for hydroxylation is 1. The molecular weight excluding hydrogens is 421 g/mol. The molecule has 1 aromatic carbocycles. The average Bonchev–Trinajstić information content (AvgIpc) is 2.56. The Kier molecular flexibility index (Phi) is 9.78.